The summed E-state index contributed by atoms with van der Waals surface area (Å²) in [5.41, 5.74) is 3.92. The summed E-state index contributed by atoms with van der Waals surface area (Å²) in [7, 11) is 1.60. The molecule has 6 heteroatoms. The van der Waals surface area contributed by atoms with Gasteiger partial charge in [0.25, 0.3) is 5.91 Å². The normalized spacial score (nSPS) is 10.9. The molecule has 0 unspecified atom stereocenters. The lowest BCUT2D eigenvalue weighted by Crippen LogP contribution is -2.36. The molecule has 0 aliphatic heterocycles. The number of rotatable bonds is 8. The molecule has 0 fully saturated rings. The number of hydrogen-bond acceptors (Lipinski definition) is 5. The molecule has 0 N–H and O–H groups in total. The Morgan fingerprint density at radius 3 is 2.60 bits per heavy atom. The molecule has 0 aliphatic carbocycles. The van der Waals surface area contributed by atoms with Crippen molar-refractivity contribution in [2.75, 3.05) is 7.11 Å². The van der Waals surface area contributed by atoms with E-state index in [0.717, 1.165) is 16.5 Å². The van der Waals surface area contributed by atoms with Gasteiger partial charge in [-0.2, -0.15) is 0 Å². The Hall–Kier alpha value is -2.86. The van der Waals surface area contributed by atoms with Crippen LogP contribution in [0.1, 0.15) is 46.0 Å². The number of carbonyl (C=O) groups is 1. The third-order valence-corrected chi connectivity index (χ3v) is 5.84. The minimum Gasteiger partial charge on any atom is -0.497 e. The van der Waals surface area contributed by atoms with E-state index in [1.165, 1.54) is 11.1 Å². The fourth-order valence-corrected chi connectivity index (χ4v) is 3.72. The molecule has 0 aliphatic rings. The summed E-state index contributed by atoms with van der Waals surface area (Å²) in [5, 5.41) is 2.88. The zero-order chi connectivity index (χ0) is 21.7. The molecule has 1 aromatic heterocycles. The van der Waals surface area contributed by atoms with Gasteiger partial charge in [0.2, 0.25) is 0 Å². The Morgan fingerprint density at radius 2 is 1.90 bits per heavy atom. The van der Waals surface area contributed by atoms with Gasteiger partial charge in [-0.15, -0.1) is 11.3 Å². The molecular weight excluding hydrogens is 396 g/mol. The lowest BCUT2D eigenvalue weighted by molar-refractivity contribution is 0.0687. The summed E-state index contributed by atoms with van der Waals surface area (Å²) < 4.78 is 11.1. The van der Waals surface area contributed by atoms with Crippen LogP contribution in [0, 0.1) is 13.8 Å². The van der Waals surface area contributed by atoms with E-state index in [4.69, 9.17) is 9.47 Å². The summed E-state index contributed by atoms with van der Waals surface area (Å²) in [5.74, 6) is 1.47. The van der Waals surface area contributed by atoms with Crippen molar-refractivity contribution in [2.24, 2.45) is 0 Å². The molecule has 1 amide bonds. The number of nitrogens with zero attached hydrogens (tertiary/aromatic N) is 2. The van der Waals surface area contributed by atoms with Crippen LogP contribution in [0.4, 0.5) is 0 Å². The van der Waals surface area contributed by atoms with Crippen molar-refractivity contribution in [2.45, 2.75) is 46.9 Å². The van der Waals surface area contributed by atoms with Crippen LogP contribution >= 0.6 is 11.3 Å². The Labute approximate surface area is 182 Å². The highest BCUT2D eigenvalue weighted by Gasteiger charge is 2.21. The Morgan fingerprint density at radius 1 is 1.10 bits per heavy atom. The molecule has 0 atom stereocenters. The SMILES string of the molecule is COc1cccc(C(=O)N(Cc2csc(COc3ccc(C)c(C)c3)n2)C(C)C)c1. The van der Waals surface area contributed by atoms with Gasteiger partial charge >= 0.3 is 0 Å². The van der Waals surface area contributed by atoms with Crippen molar-refractivity contribution in [3.05, 3.63) is 75.2 Å². The summed E-state index contributed by atoms with van der Waals surface area (Å²) in [6.07, 6.45) is 0. The first-order chi connectivity index (χ1) is 14.4. The van der Waals surface area contributed by atoms with Crippen LogP contribution in [0.15, 0.2) is 47.8 Å². The highest BCUT2D eigenvalue weighted by Crippen LogP contribution is 2.21. The molecule has 2 aromatic carbocycles. The van der Waals surface area contributed by atoms with E-state index in [1.807, 2.05) is 54.5 Å². The standard InChI is InChI=1S/C24H28N2O3S/c1-16(2)26(24(27)19-7-6-8-21(12-19)28-5)13-20-15-30-23(25-20)14-29-22-10-9-17(3)18(4)11-22/h6-12,15-16H,13-14H2,1-5H3. The number of hydrogen-bond donors (Lipinski definition) is 0. The number of amides is 1. The van der Waals surface area contributed by atoms with Crippen LogP contribution in [0.3, 0.4) is 0 Å². The predicted molar refractivity (Wildman–Crippen MR) is 120 cm³/mol. The number of thiazole rings is 1. The van der Waals surface area contributed by atoms with Crippen molar-refractivity contribution in [3.63, 3.8) is 0 Å². The zero-order valence-corrected chi connectivity index (χ0v) is 19.0. The molecule has 0 spiro atoms. The van der Waals surface area contributed by atoms with Crippen LogP contribution in [0.2, 0.25) is 0 Å². The molecule has 1 heterocycles. The molecule has 3 rings (SSSR count). The van der Waals surface area contributed by atoms with Crippen molar-refractivity contribution in [1.82, 2.24) is 9.88 Å². The van der Waals surface area contributed by atoms with E-state index in [2.05, 4.69) is 24.9 Å². The maximum absolute atomic E-state index is 13.1. The highest BCUT2D eigenvalue weighted by atomic mass is 32.1. The third-order valence-electron chi connectivity index (χ3n) is 4.97. The van der Waals surface area contributed by atoms with Gasteiger partial charge in [0, 0.05) is 17.0 Å². The largest absolute Gasteiger partial charge is 0.497 e. The molecule has 0 saturated heterocycles. The zero-order valence-electron chi connectivity index (χ0n) is 18.1. The smallest absolute Gasteiger partial charge is 0.254 e. The molecule has 0 saturated carbocycles. The number of ether oxygens (including phenoxy) is 2. The Bertz CT molecular complexity index is 1010. The molecule has 0 bridgehead atoms. The summed E-state index contributed by atoms with van der Waals surface area (Å²) in [4.78, 5) is 19.5. The van der Waals surface area contributed by atoms with Crippen molar-refractivity contribution in [3.8, 4) is 11.5 Å². The molecule has 3 aromatic rings. The van der Waals surface area contributed by atoms with E-state index in [-0.39, 0.29) is 11.9 Å². The monoisotopic (exact) mass is 424 g/mol. The van der Waals surface area contributed by atoms with E-state index >= 15 is 0 Å². The molecule has 30 heavy (non-hydrogen) atoms. The second-order valence-electron chi connectivity index (χ2n) is 7.53. The fraction of sp³-hybridized carbons (Fsp3) is 0.333. The quantitative estimate of drug-likeness (QED) is 0.486. The van der Waals surface area contributed by atoms with Crippen molar-refractivity contribution in [1.29, 1.82) is 0 Å². The first-order valence-electron chi connectivity index (χ1n) is 9.95. The van der Waals surface area contributed by atoms with Crippen molar-refractivity contribution < 1.29 is 14.3 Å². The van der Waals surface area contributed by atoms with E-state index in [9.17, 15) is 4.79 Å². The first-order valence-corrected chi connectivity index (χ1v) is 10.8. The first kappa shape index (κ1) is 21.8. The van der Waals surface area contributed by atoms with Crippen LogP contribution in [0.25, 0.3) is 0 Å². The number of aryl methyl sites for hydroxylation is 2. The van der Waals surface area contributed by atoms with Gasteiger partial charge in [-0.25, -0.2) is 4.98 Å². The van der Waals surface area contributed by atoms with E-state index in [1.54, 1.807) is 24.5 Å². The van der Waals surface area contributed by atoms with Crippen LogP contribution in [0.5, 0.6) is 11.5 Å². The minimum atomic E-state index is -0.0372. The number of carbonyl (C=O) groups excluding carboxylic acids is 1. The maximum Gasteiger partial charge on any atom is 0.254 e. The second kappa shape index (κ2) is 9.76. The average Bonchev–Trinajstić information content (AvgIpc) is 3.20. The van der Waals surface area contributed by atoms with Gasteiger partial charge in [-0.1, -0.05) is 12.1 Å². The highest BCUT2D eigenvalue weighted by molar-refractivity contribution is 7.09. The average molecular weight is 425 g/mol. The second-order valence-corrected chi connectivity index (χ2v) is 8.47. The predicted octanol–water partition coefficient (Wildman–Crippen LogP) is 5.40. The van der Waals surface area contributed by atoms with Crippen LogP contribution in [-0.4, -0.2) is 28.9 Å². The van der Waals surface area contributed by atoms with Gasteiger partial charge in [0.05, 0.1) is 19.3 Å². The minimum absolute atomic E-state index is 0.0372. The molecule has 5 nitrogen and oxygen atoms in total. The lowest BCUT2D eigenvalue weighted by Gasteiger charge is -2.26. The van der Waals surface area contributed by atoms with Gasteiger partial charge in [-0.05, 0) is 69.2 Å². The van der Waals surface area contributed by atoms with Gasteiger partial charge in [0.1, 0.15) is 23.1 Å². The molecular formula is C24H28N2O3S. The lowest BCUT2D eigenvalue weighted by atomic mass is 10.1. The Kier molecular flexibility index (Phi) is 7.11. The summed E-state index contributed by atoms with van der Waals surface area (Å²) in [6.45, 7) is 9.04. The van der Waals surface area contributed by atoms with Crippen LogP contribution in [-0.2, 0) is 13.2 Å². The van der Waals surface area contributed by atoms with E-state index in [0.29, 0.717) is 24.5 Å². The molecule has 158 valence electrons. The van der Waals surface area contributed by atoms with Gasteiger partial charge in [-0.3, -0.25) is 4.79 Å². The van der Waals surface area contributed by atoms with E-state index < -0.39 is 0 Å². The molecule has 0 radical (unpaired) electrons. The number of benzene rings is 2. The van der Waals surface area contributed by atoms with Crippen molar-refractivity contribution >= 4 is 17.2 Å². The topological polar surface area (TPSA) is 51.7 Å². The summed E-state index contributed by atoms with van der Waals surface area (Å²) in [6, 6.07) is 13.4. The fourth-order valence-electron chi connectivity index (χ4n) is 3.02. The Balaban J connectivity index is 1.67. The number of aromatic nitrogens is 1. The van der Waals surface area contributed by atoms with Gasteiger partial charge in [0.15, 0.2) is 0 Å². The third kappa shape index (κ3) is 5.39. The number of methoxy groups -OCH3 is 1. The maximum atomic E-state index is 13.1. The van der Waals surface area contributed by atoms with Crippen LogP contribution < -0.4 is 9.47 Å². The van der Waals surface area contributed by atoms with Gasteiger partial charge < -0.3 is 14.4 Å². The summed E-state index contributed by atoms with van der Waals surface area (Å²) >= 11 is 1.55.